The Balaban J connectivity index is 1.55. The Bertz CT molecular complexity index is 795. The van der Waals surface area contributed by atoms with Gasteiger partial charge in [-0.15, -0.1) is 5.10 Å². The van der Waals surface area contributed by atoms with Crippen molar-refractivity contribution < 1.29 is 18.0 Å². The third kappa shape index (κ3) is 4.51. The zero-order chi connectivity index (χ0) is 19.4. The standard InChI is InChI=1S/C15H17F3N8O/c1-10(19-20-14-21-23-24-22-14)13(27)26-8-6-25(7-9-26)12-4-2-11(3-5-12)15(16,17)18/h2-5H,6-9H2,1H3,(H2,20,21,22,23,24)/b19-10+. The van der Waals surface area contributed by atoms with Crippen LogP contribution >= 0.6 is 0 Å². The molecule has 144 valence electrons. The topological polar surface area (TPSA) is 102 Å². The van der Waals surface area contributed by atoms with Crippen LogP contribution in [0.4, 0.5) is 24.8 Å². The number of alkyl halides is 3. The van der Waals surface area contributed by atoms with Gasteiger partial charge in [0.1, 0.15) is 5.71 Å². The van der Waals surface area contributed by atoms with E-state index < -0.39 is 11.7 Å². The maximum atomic E-state index is 12.6. The first-order chi connectivity index (χ1) is 12.8. The van der Waals surface area contributed by atoms with Gasteiger partial charge in [0.2, 0.25) is 0 Å². The minimum Gasteiger partial charge on any atom is -0.368 e. The number of piperazine rings is 1. The predicted molar refractivity (Wildman–Crippen MR) is 91.1 cm³/mol. The predicted octanol–water partition coefficient (Wildman–Crippen LogP) is 1.36. The summed E-state index contributed by atoms with van der Waals surface area (Å²) in [6, 6.07) is 5.02. The molecule has 0 bridgehead atoms. The SMILES string of the molecule is C/C(=N\Nc1nn[nH]n1)C(=O)N1CCN(c2ccc(C(F)(F)F)cc2)CC1. The van der Waals surface area contributed by atoms with E-state index in [2.05, 4.69) is 31.2 Å². The van der Waals surface area contributed by atoms with Crippen LogP contribution < -0.4 is 10.3 Å². The quantitative estimate of drug-likeness (QED) is 0.611. The molecule has 1 aromatic carbocycles. The summed E-state index contributed by atoms with van der Waals surface area (Å²) in [5.41, 5.74) is 2.77. The number of anilines is 2. The number of hydrogen-bond acceptors (Lipinski definition) is 7. The molecule has 0 saturated carbocycles. The highest BCUT2D eigenvalue weighted by Gasteiger charge is 2.30. The molecule has 0 unspecified atom stereocenters. The first kappa shape index (κ1) is 18.6. The Labute approximate surface area is 152 Å². The number of rotatable bonds is 4. The number of carbonyl (C=O) groups excluding carboxylic acids is 1. The van der Waals surface area contributed by atoms with E-state index in [0.717, 1.165) is 12.1 Å². The Morgan fingerprint density at radius 1 is 1.19 bits per heavy atom. The maximum Gasteiger partial charge on any atom is 0.416 e. The van der Waals surface area contributed by atoms with Gasteiger partial charge in [-0.2, -0.15) is 23.5 Å². The summed E-state index contributed by atoms with van der Waals surface area (Å²) in [6.45, 7) is 3.48. The van der Waals surface area contributed by atoms with Crippen LogP contribution in [0.25, 0.3) is 0 Å². The molecule has 2 aromatic rings. The highest BCUT2D eigenvalue weighted by molar-refractivity contribution is 6.37. The van der Waals surface area contributed by atoms with Crippen LogP contribution in [0.15, 0.2) is 29.4 Å². The van der Waals surface area contributed by atoms with Gasteiger partial charge in [0.05, 0.1) is 5.56 Å². The Hall–Kier alpha value is -3.18. The number of tetrazole rings is 1. The van der Waals surface area contributed by atoms with Gasteiger partial charge < -0.3 is 9.80 Å². The number of halogens is 3. The molecular weight excluding hydrogens is 365 g/mol. The highest BCUT2D eigenvalue weighted by atomic mass is 19.4. The van der Waals surface area contributed by atoms with Crippen LogP contribution in [-0.4, -0.2) is 63.3 Å². The Morgan fingerprint density at radius 3 is 2.41 bits per heavy atom. The number of hydrazone groups is 1. The third-order valence-corrected chi connectivity index (χ3v) is 4.11. The number of aromatic nitrogens is 4. The molecule has 0 spiro atoms. The van der Waals surface area contributed by atoms with Crippen LogP contribution in [0.1, 0.15) is 12.5 Å². The first-order valence-corrected chi connectivity index (χ1v) is 8.10. The van der Waals surface area contributed by atoms with Crippen LogP contribution in [0.3, 0.4) is 0 Å². The third-order valence-electron chi connectivity index (χ3n) is 4.11. The van der Waals surface area contributed by atoms with Crippen molar-refractivity contribution in [3.8, 4) is 0 Å². The molecule has 2 N–H and O–H groups in total. The van der Waals surface area contributed by atoms with Crippen LogP contribution in [-0.2, 0) is 11.0 Å². The van der Waals surface area contributed by atoms with Crippen molar-refractivity contribution in [1.29, 1.82) is 0 Å². The van der Waals surface area contributed by atoms with Crippen molar-refractivity contribution in [1.82, 2.24) is 25.5 Å². The number of H-pyrrole nitrogens is 1. The van der Waals surface area contributed by atoms with Crippen molar-refractivity contribution in [2.75, 3.05) is 36.5 Å². The van der Waals surface area contributed by atoms with Crippen molar-refractivity contribution in [2.45, 2.75) is 13.1 Å². The van der Waals surface area contributed by atoms with E-state index >= 15 is 0 Å². The molecule has 1 aliphatic rings. The van der Waals surface area contributed by atoms with Gasteiger partial charge >= 0.3 is 6.18 Å². The fraction of sp³-hybridized carbons (Fsp3) is 0.400. The summed E-state index contributed by atoms with van der Waals surface area (Å²) in [7, 11) is 0. The van der Waals surface area contributed by atoms with Gasteiger partial charge in [0, 0.05) is 31.9 Å². The van der Waals surface area contributed by atoms with Gasteiger partial charge in [0.25, 0.3) is 11.9 Å². The van der Waals surface area contributed by atoms with E-state index in [1.165, 1.54) is 12.1 Å². The number of amides is 1. The zero-order valence-corrected chi connectivity index (χ0v) is 14.4. The Morgan fingerprint density at radius 2 is 1.85 bits per heavy atom. The van der Waals surface area contributed by atoms with Crippen molar-refractivity contribution >= 4 is 23.3 Å². The zero-order valence-electron chi connectivity index (χ0n) is 14.4. The van der Waals surface area contributed by atoms with Crippen LogP contribution in [0.2, 0.25) is 0 Å². The van der Waals surface area contributed by atoms with Gasteiger partial charge in [-0.1, -0.05) is 5.10 Å². The maximum absolute atomic E-state index is 12.6. The van der Waals surface area contributed by atoms with Crippen LogP contribution in [0, 0.1) is 0 Å². The molecule has 2 heterocycles. The molecule has 27 heavy (non-hydrogen) atoms. The summed E-state index contributed by atoms with van der Waals surface area (Å²) >= 11 is 0. The van der Waals surface area contributed by atoms with E-state index in [0.29, 0.717) is 31.9 Å². The first-order valence-electron chi connectivity index (χ1n) is 8.10. The van der Waals surface area contributed by atoms with Gasteiger partial charge in [-0.05, 0) is 36.4 Å². The fourth-order valence-corrected chi connectivity index (χ4v) is 2.65. The van der Waals surface area contributed by atoms with E-state index in [-0.39, 0.29) is 17.6 Å². The lowest BCUT2D eigenvalue weighted by molar-refractivity contribution is -0.137. The summed E-state index contributed by atoms with van der Waals surface area (Å²) in [5, 5.41) is 16.8. The number of aromatic amines is 1. The summed E-state index contributed by atoms with van der Waals surface area (Å²) in [5.74, 6) is -0.0904. The molecule has 1 fully saturated rings. The molecule has 12 heteroatoms. The van der Waals surface area contributed by atoms with E-state index in [9.17, 15) is 18.0 Å². The van der Waals surface area contributed by atoms with Crippen molar-refractivity contribution in [2.24, 2.45) is 5.10 Å². The van der Waals surface area contributed by atoms with Gasteiger partial charge in [-0.25, -0.2) is 5.43 Å². The summed E-state index contributed by atoms with van der Waals surface area (Å²) in [6.07, 6.45) is -4.35. The molecular formula is C15H17F3N8O. The van der Waals surface area contributed by atoms with Gasteiger partial charge in [-0.3, -0.25) is 4.79 Å². The van der Waals surface area contributed by atoms with Crippen LogP contribution in [0.5, 0.6) is 0 Å². The Kier molecular flexibility index (Phi) is 5.23. The molecule has 3 rings (SSSR count). The lowest BCUT2D eigenvalue weighted by Gasteiger charge is -2.36. The molecule has 0 atom stereocenters. The molecule has 1 amide bonds. The van der Waals surface area contributed by atoms with E-state index in [1.807, 2.05) is 4.90 Å². The molecule has 1 aliphatic heterocycles. The fourth-order valence-electron chi connectivity index (χ4n) is 2.65. The highest BCUT2D eigenvalue weighted by Crippen LogP contribution is 2.30. The lowest BCUT2D eigenvalue weighted by atomic mass is 10.1. The molecule has 0 aliphatic carbocycles. The molecule has 0 radical (unpaired) electrons. The van der Waals surface area contributed by atoms with Crippen molar-refractivity contribution in [3.63, 3.8) is 0 Å². The lowest BCUT2D eigenvalue weighted by Crippen LogP contribution is -2.50. The smallest absolute Gasteiger partial charge is 0.368 e. The van der Waals surface area contributed by atoms with E-state index in [4.69, 9.17) is 0 Å². The molecule has 1 saturated heterocycles. The number of nitrogens with zero attached hydrogens (tertiary/aromatic N) is 6. The number of carbonyl (C=O) groups is 1. The van der Waals surface area contributed by atoms with Crippen molar-refractivity contribution in [3.05, 3.63) is 29.8 Å². The summed E-state index contributed by atoms with van der Waals surface area (Å²) in [4.78, 5) is 16.0. The minimum absolute atomic E-state index is 0.147. The average Bonchev–Trinajstić information content (AvgIpc) is 3.19. The molecule has 1 aromatic heterocycles. The average molecular weight is 382 g/mol. The number of nitrogens with one attached hydrogen (secondary N) is 2. The second-order valence-corrected chi connectivity index (χ2v) is 5.87. The minimum atomic E-state index is -4.35. The normalized spacial score (nSPS) is 15.8. The van der Waals surface area contributed by atoms with Gasteiger partial charge in [0.15, 0.2) is 0 Å². The monoisotopic (exact) mass is 382 g/mol. The number of hydrogen-bond donors (Lipinski definition) is 2. The number of benzene rings is 1. The summed E-state index contributed by atoms with van der Waals surface area (Å²) < 4.78 is 37.9. The largest absolute Gasteiger partial charge is 0.416 e. The molecule has 9 nitrogen and oxygen atoms in total. The second-order valence-electron chi connectivity index (χ2n) is 5.87. The second kappa shape index (κ2) is 7.60. The van der Waals surface area contributed by atoms with E-state index in [1.54, 1.807) is 11.8 Å².